The summed E-state index contributed by atoms with van der Waals surface area (Å²) in [7, 11) is -0.243. The van der Waals surface area contributed by atoms with Crippen LogP contribution in [0.15, 0.2) is 103 Å². The molecule has 0 fully saturated rings. The number of para-hydroxylation sites is 1. The van der Waals surface area contributed by atoms with Gasteiger partial charge in [-0.05, 0) is 61.8 Å². The van der Waals surface area contributed by atoms with Crippen LogP contribution in [0.1, 0.15) is 105 Å². The Morgan fingerprint density at radius 2 is 1.15 bits per heavy atom. The summed E-state index contributed by atoms with van der Waals surface area (Å²) in [4.78, 5) is 0. The number of fused-ring (bicyclic) bond motifs is 7. The number of ether oxygens (including phenoxy) is 1. The van der Waals surface area contributed by atoms with E-state index < -0.39 is 8.07 Å². The van der Waals surface area contributed by atoms with E-state index in [-0.39, 0.29) is 57.1 Å². The number of rotatable bonds is 10. The third kappa shape index (κ3) is 8.98. The minimum atomic E-state index is -2.43. The normalized spacial score (nSPS) is 13.4. The quantitative estimate of drug-likeness (QED) is 0.0757. The molecule has 0 spiro atoms. The van der Waals surface area contributed by atoms with Crippen LogP contribution < -0.4 is 10.4 Å². The Morgan fingerprint density at radius 3 is 1.75 bits per heavy atom. The third-order valence-electron chi connectivity index (χ3n) is 13.2. The number of benzene rings is 5. The predicted molar refractivity (Wildman–Crippen MR) is 271 cm³/mol. The smallest absolute Gasteiger partial charge is 0.376 e. The van der Waals surface area contributed by atoms with Gasteiger partial charge >= 0.3 is 25.8 Å². The molecule has 0 radical (unpaired) electrons. The molecule has 1 unspecified atom stereocenters. The molecule has 4 heteroatoms. The van der Waals surface area contributed by atoms with Gasteiger partial charge in [0, 0.05) is 43.5 Å². The minimum absolute atomic E-state index is 0. The van der Waals surface area contributed by atoms with Crippen molar-refractivity contribution in [3.05, 3.63) is 135 Å². The zero-order valence-electron chi connectivity index (χ0n) is 39.9. The summed E-state index contributed by atoms with van der Waals surface area (Å²) >= 11 is 0. The fraction of sp³-hybridized carbons (Fsp3) is 0.368. The monoisotopic (exact) mass is 993 g/mol. The molecule has 7 aromatic carbocycles. The maximum absolute atomic E-state index is 6.13. The fourth-order valence-corrected chi connectivity index (χ4v) is 15.2. The molecule has 0 aliphatic rings. The Balaban J connectivity index is 0.00000235. The van der Waals surface area contributed by atoms with Gasteiger partial charge in [0.1, 0.15) is 0 Å². The molecule has 61 heavy (non-hydrogen) atoms. The topological polar surface area (TPSA) is 14.2 Å². The van der Waals surface area contributed by atoms with Crippen LogP contribution in [-0.2, 0) is 48.5 Å². The predicted octanol–water partition coefficient (Wildman–Crippen LogP) is 15.3. The Kier molecular flexibility index (Phi) is 14.2. The average Bonchev–Trinajstić information content (AvgIpc) is 3.79. The molecule has 0 aliphatic carbocycles. The molecule has 1 atom stereocenters. The van der Waals surface area contributed by atoms with Crippen molar-refractivity contribution >= 4 is 72.6 Å². The summed E-state index contributed by atoms with van der Waals surface area (Å²) in [5, 5.41) is 14.5. The van der Waals surface area contributed by atoms with Gasteiger partial charge in [-0.3, -0.25) is 0 Å². The molecule has 0 bridgehead atoms. The molecule has 0 N–H and O–H groups in total. The first-order valence-electron chi connectivity index (χ1n) is 21.9. The Labute approximate surface area is 388 Å². The van der Waals surface area contributed by atoms with Crippen molar-refractivity contribution in [3.8, 4) is 11.1 Å². The van der Waals surface area contributed by atoms with Crippen LogP contribution in [0.4, 0.5) is 0 Å². The van der Waals surface area contributed by atoms with Gasteiger partial charge in [0.05, 0.1) is 5.60 Å². The molecular weight excluding hydrogens is 921 g/mol. The fourth-order valence-electron chi connectivity index (χ4n) is 10.1. The van der Waals surface area contributed by atoms with E-state index >= 15 is 0 Å². The van der Waals surface area contributed by atoms with E-state index in [2.05, 4.69) is 191 Å². The minimum Gasteiger partial charge on any atom is -0.376 e. The molecule has 0 amide bonds. The van der Waals surface area contributed by atoms with Crippen molar-refractivity contribution in [1.82, 2.24) is 4.57 Å². The molecule has 0 aliphatic heterocycles. The zero-order valence-corrected chi connectivity index (χ0v) is 44.5. The maximum atomic E-state index is 6.13. The van der Waals surface area contributed by atoms with E-state index in [9.17, 15) is 0 Å². The van der Waals surface area contributed by atoms with Crippen LogP contribution in [0.5, 0.6) is 0 Å². The first-order valence-corrected chi connectivity index (χ1v) is 24.6. The van der Waals surface area contributed by atoms with Gasteiger partial charge in [0.25, 0.3) is 0 Å². The van der Waals surface area contributed by atoms with Crippen LogP contribution in [-0.4, -0.2) is 24.8 Å². The summed E-state index contributed by atoms with van der Waals surface area (Å²) in [6.45, 7) is 26.6. The largest absolute Gasteiger partial charge is 4.00 e. The van der Waals surface area contributed by atoms with Crippen LogP contribution in [0.25, 0.3) is 65.3 Å². The SMILES string of the molecule is Cc1cc2c(-c3ccc4c(c3)c3ccccc3n4C)cccc2[c-]1[Si](C)(CCCCCCOC(C)(C)C)[c-]1c2cc(C(C)(C)C)ccc2c2ccc(C(C)(C)C)cc21.[CH3-].[CH3-].[Hf+4]. The summed E-state index contributed by atoms with van der Waals surface area (Å²) in [5.41, 5.74) is 9.49. The average molecular weight is 993 g/mol. The summed E-state index contributed by atoms with van der Waals surface area (Å²) in [6.07, 6.45) is 4.76. The molecule has 0 saturated heterocycles. The molecule has 8 aromatic rings. The summed E-state index contributed by atoms with van der Waals surface area (Å²) in [5.74, 6) is 0. The van der Waals surface area contributed by atoms with Crippen LogP contribution in [0.2, 0.25) is 12.6 Å². The third-order valence-corrected chi connectivity index (χ3v) is 17.9. The van der Waals surface area contributed by atoms with E-state index in [1.165, 1.54) is 107 Å². The first kappa shape index (κ1) is 48.5. The number of aryl methyl sites for hydroxylation is 2. The standard InChI is InChI=1S/C55H65NOSi.2CH3.Hf/c1-36-32-45-40(37-24-29-50-46(33-37)43-20-15-16-23-49(43)56(50)11)21-19-22-44(45)51(36)58(12,31-18-14-13-17-30-57-55(8,9)10)52-47-34-38(53(2,3)4)25-27-41(47)42-28-26-39(35-48(42)52)54(5,6)7;;;/h15-16,19-29,32-35H,13-14,17-18,30-31H2,1-12H3;2*1H3;/q-2;2*-1;+4. The van der Waals surface area contributed by atoms with Crippen molar-refractivity contribution in [2.45, 2.75) is 124 Å². The van der Waals surface area contributed by atoms with Crippen LogP contribution in [0, 0.1) is 21.8 Å². The van der Waals surface area contributed by atoms with Crippen molar-refractivity contribution in [2.75, 3.05) is 6.61 Å². The summed E-state index contributed by atoms with van der Waals surface area (Å²) in [6, 6.07) is 41.7. The van der Waals surface area contributed by atoms with E-state index in [1.54, 1.807) is 10.4 Å². The second kappa shape index (κ2) is 17.9. The van der Waals surface area contributed by atoms with Gasteiger partial charge in [-0.15, -0.1) is 72.5 Å². The van der Waals surface area contributed by atoms with Gasteiger partial charge in [-0.1, -0.05) is 152 Å². The molecule has 1 heterocycles. The molecule has 1 aromatic heterocycles. The number of hydrogen-bond acceptors (Lipinski definition) is 1. The molecule has 2 nitrogen and oxygen atoms in total. The second-order valence-corrected chi connectivity index (χ2v) is 24.8. The van der Waals surface area contributed by atoms with Crippen LogP contribution >= 0.6 is 0 Å². The molecule has 318 valence electrons. The second-order valence-electron chi connectivity index (χ2n) is 20.6. The van der Waals surface area contributed by atoms with Gasteiger partial charge in [-0.25, -0.2) is 0 Å². The van der Waals surface area contributed by atoms with Crippen molar-refractivity contribution in [1.29, 1.82) is 0 Å². The number of unbranched alkanes of at least 4 members (excludes halogenated alkanes) is 3. The molecular formula is C57H71HfNOSi. The Morgan fingerprint density at radius 1 is 0.557 bits per heavy atom. The van der Waals surface area contributed by atoms with Crippen LogP contribution in [0.3, 0.4) is 0 Å². The zero-order chi connectivity index (χ0) is 41.4. The van der Waals surface area contributed by atoms with Gasteiger partial charge < -0.3 is 24.2 Å². The Hall–Kier alpha value is -3.57. The van der Waals surface area contributed by atoms with E-state index in [4.69, 9.17) is 4.74 Å². The summed E-state index contributed by atoms with van der Waals surface area (Å²) < 4.78 is 8.47. The molecule has 0 saturated carbocycles. The van der Waals surface area contributed by atoms with Crippen molar-refractivity contribution < 1.29 is 30.6 Å². The Bertz CT molecular complexity index is 2740. The van der Waals surface area contributed by atoms with E-state index in [1.807, 2.05) is 0 Å². The number of nitrogens with zero attached hydrogens (tertiary/aromatic N) is 1. The van der Waals surface area contributed by atoms with Gasteiger partial charge in [-0.2, -0.15) is 6.07 Å². The van der Waals surface area contributed by atoms with Gasteiger partial charge in [0.15, 0.2) is 0 Å². The van der Waals surface area contributed by atoms with E-state index in [0.29, 0.717) is 0 Å². The molecule has 8 rings (SSSR count). The number of hydrogen-bond donors (Lipinski definition) is 0. The van der Waals surface area contributed by atoms with Crippen molar-refractivity contribution in [2.24, 2.45) is 7.05 Å². The maximum Gasteiger partial charge on any atom is 4.00 e. The van der Waals surface area contributed by atoms with Gasteiger partial charge in [0.2, 0.25) is 0 Å². The first-order chi connectivity index (χ1) is 27.4. The van der Waals surface area contributed by atoms with E-state index in [0.717, 1.165) is 13.0 Å². The van der Waals surface area contributed by atoms with Crippen molar-refractivity contribution in [3.63, 3.8) is 0 Å². The number of aromatic nitrogens is 1.